The molecule has 4 heteroatoms. The van der Waals surface area contributed by atoms with Crippen molar-refractivity contribution in [2.24, 2.45) is 0 Å². The topological polar surface area (TPSA) is 39.3 Å². The Morgan fingerprint density at radius 2 is 2.33 bits per heavy atom. The molecule has 0 aliphatic carbocycles. The fourth-order valence-corrected chi connectivity index (χ4v) is 3.83. The van der Waals surface area contributed by atoms with Gasteiger partial charge in [-0.25, -0.2) is 0 Å². The second-order valence-electron chi connectivity index (χ2n) is 4.95. The number of alkyl halides is 1. The van der Waals surface area contributed by atoms with Gasteiger partial charge >= 0.3 is 0 Å². The largest absolute Gasteiger partial charge is 0.507 e. The lowest BCUT2D eigenvalue weighted by Crippen LogP contribution is -2.29. The van der Waals surface area contributed by atoms with E-state index < -0.39 is 0 Å². The maximum Gasteiger partial charge on any atom is 0.125 e. The number of nitrogens with zero attached hydrogens (tertiary/aromatic N) is 1. The molecule has 0 radical (unpaired) electrons. The number of rotatable bonds is 3. The summed E-state index contributed by atoms with van der Waals surface area (Å²) in [5.41, 5.74) is 2.27. The normalized spacial score (nSPS) is 20.8. The van der Waals surface area contributed by atoms with Crippen molar-refractivity contribution in [2.45, 2.75) is 25.3 Å². The highest BCUT2D eigenvalue weighted by atomic mass is 127. The molecule has 2 N–H and O–H groups in total. The third kappa shape index (κ3) is 2.12. The van der Waals surface area contributed by atoms with Gasteiger partial charge in [-0.3, -0.25) is 4.90 Å². The molecule has 1 aliphatic rings. The van der Waals surface area contributed by atoms with Crippen LogP contribution in [0, 0.1) is 0 Å². The molecule has 2 aromatic rings. The summed E-state index contributed by atoms with van der Waals surface area (Å²) in [6.07, 6.45) is 5.64. The molecule has 1 saturated heterocycles. The van der Waals surface area contributed by atoms with Gasteiger partial charge in [0.05, 0.1) is 4.55 Å². The highest BCUT2D eigenvalue weighted by Gasteiger charge is 2.24. The predicted octanol–water partition coefficient (Wildman–Crippen LogP) is 3.27. The van der Waals surface area contributed by atoms with Gasteiger partial charge in [0, 0.05) is 23.1 Å². The molecule has 18 heavy (non-hydrogen) atoms. The van der Waals surface area contributed by atoms with Crippen LogP contribution in [0.25, 0.3) is 10.9 Å². The van der Waals surface area contributed by atoms with E-state index in [1.54, 1.807) is 6.07 Å². The highest BCUT2D eigenvalue weighted by molar-refractivity contribution is 14.1. The fourth-order valence-electron chi connectivity index (χ4n) is 2.93. The number of hydrogen-bond donors (Lipinski definition) is 2. The van der Waals surface area contributed by atoms with Crippen molar-refractivity contribution in [3.63, 3.8) is 0 Å². The number of phenols is 1. The average Bonchev–Trinajstić information content (AvgIpc) is 2.97. The number of H-pyrrole nitrogens is 1. The summed E-state index contributed by atoms with van der Waals surface area (Å²) in [7, 11) is 0. The predicted molar refractivity (Wildman–Crippen MR) is 82.3 cm³/mol. The zero-order valence-electron chi connectivity index (χ0n) is 10.2. The van der Waals surface area contributed by atoms with Gasteiger partial charge in [0.2, 0.25) is 0 Å². The van der Waals surface area contributed by atoms with E-state index in [0.717, 1.165) is 21.9 Å². The first kappa shape index (κ1) is 12.3. The van der Waals surface area contributed by atoms with Gasteiger partial charge < -0.3 is 10.1 Å². The standard InChI is InChI=1S/C14H17IN2O/c15-9-17-6-2-3-11(17)7-10-8-16-12-4-1-5-13(18)14(10)12/h1,4-5,8,11,16,18H,2-3,6-7,9H2. The molecule has 0 spiro atoms. The maximum absolute atomic E-state index is 10.0. The van der Waals surface area contributed by atoms with Crippen LogP contribution in [-0.4, -0.2) is 32.1 Å². The van der Waals surface area contributed by atoms with Crippen molar-refractivity contribution < 1.29 is 5.11 Å². The zero-order valence-corrected chi connectivity index (χ0v) is 12.4. The molecule has 1 aromatic heterocycles. The molecule has 1 aliphatic heterocycles. The summed E-state index contributed by atoms with van der Waals surface area (Å²) in [6.45, 7) is 1.21. The summed E-state index contributed by atoms with van der Waals surface area (Å²) in [5.74, 6) is 0.391. The summed E-state index contributed by atoms with van der Waals surface area (Å²) in [4.78, 5) is 5.78. The smallest absolute Gasteiger partial charge is 0.125 e. The monoisotopic (exact) mass is 356 g/mol. The Labute approximate surface area is 120 Å². The quantitative estimate of drug-likeness (QED) is 0.503. The van der Waals surface area contributed by atoms with E-state index in [1.165, 1.54) is 24.9 Å². The summed E-state index contributed by atoms with van der Waals surface area (Å²) in [5, 5.41) is 11.0. The summed E-state index contributed by atoms with van der Waals surface area (Å²) < 4.78 is 1.09. The first-order valence-corrected chi connectivity index (χ1v) is 7.90. The van der Waals surface area contributed by atoms with Crippen molar-refractivity contribution in [1.29, 1.82) is 0 Å². The zero-order chi connectivity index (χ0) is 12.5. The summed E-state index contributed by atoms with van der Waals surface area (Å²) >= 11 is 2.44. The molecule has 0 bridgehead atoms. The van der Waals surface area contributed by atoms with Gasteiger partial charge in [0.1, 0.15) is 5.75 Å². The molecular formula is C14H17IN2O. The van der Waals surface area contributed by atoms with Crippen LogP contribution in [0.2, 0.25) is 0 Å². The van der Waals surface area contributed by atoms with Crippen molar-refractivity contribution >= 4 is 33.5 Å². The van der Waals surface area contributed by atoms with E-state index in [-0.39, 0.29) is 0 Å². The number of likely N-dealkylation sites (tertiary alicyclic amines) is 1. The first-order chi connectivity index (χ1) is 8.79. The second kappa shape index (κ2) is 5.09. The number of aromatic amines is 1. The molecule has 3 rings (SSSR count). The number of benzene rings is 1. The van der Waals surface area contributed by atoms with Gasteiger partial charge in [-0.05, 0) is 43.5 Å². The number of hydrogen-bond acceptors (Lipinski definition) is 2. The maximum atomic E-state index is 10.0. The Kier molecular flexibility index (Phi) is 3.48. The van der Waals surface area contributed by atoms with Gasteiger partial charge in [-0.2, -0.15) is 0 Å². The van der Waals surface area contributed by atoms with Crippen molar-refractivity contribution in [1.82, 2.24) is 9.88 Å². The van der Waals surface area contributed by atoms with Crippen LogP contribution in [0.1, 0.15) is 18.4 Å². The third-order valence-corrected chi connectivity index (χ3v) is 4.75. The summed E-state index contributed by atoms with van der Waals surface area (Å²) in [6, 6.07) is 6.29. The van der Waals surface area contributed by atoms with Crippen LogP contribution in [0.15, 0.2) is 24.4 Å². The minimum Gasteiger partial charge on any atom is -0.507 e. The fraction of sp³-hybridized carbons (Fsp3) is 0.429. The molecule has 1 fully saturated rings. The van der Waals surface area contributed by atoms with Crippen molar-refractivity contribution in [3.8, 4) is 5.75 Å². The Bertz CT molecular complexity index is 552. The van der Waals surface area contributed by atoms with E-state index in [2.05, 4.69) is 32.5 Å². The molecule has 2 heterocycles. The lowest BCUT2D eigenvalue weighted by atomic mass is 10.0. The van der Waals surface area contributed by atoms with Crippen LogP contribution >= 0.6 is 22.6 Å². The molecule has 1 unspecified atom stereocenters. The number of aromatic hydroxyl groups is 1. The minimum absolute atomic E-state index is 0.391. The molecular weight excluding hydrogens is 339 g/mol. The second-order valence-corrected chi connectivity index (χ2v) is 5.63. The molecule has 0 amide bonds. The third-order valence-electron chi connectivity index (χ3n) is 3.87. The van der Waals surface area contributed by atoms with Crippen LogP contribution < -0.4 is 0 Å². The molecule has 0 saturated carbocycles. The minimum atomic E-state index is 0.391. The number of aromatic nitrogens is 1. The Hall–Kier alpha value is -0.750. The molecule has 96 valence electrons. The number of nitrogens with one attached hydrogen (secondary N) is 1. The Balaban J connectivity index is 1.91. The van der Waals surface area contributed by atoms with E-state index in [9.17, 15) is 5.11 Å². The number of phenolic OH excluding ortho intramolecular Hbond substituents is 1. The van der Waals surface area contributed by atoms with Crippen LogP contribution in [0.3, 0.4) is 0 Å². The van der Waals surface area contributed by atoms with Crippen molar-refractivity contribution in [3.05, 3.63) is 30.0 Å². The van der Waals surface area contributed by atoms with E-state index in [0.29, 0.717) is 11.8 Å². The van der Waals surface area contributed by atoms with Gasteiger partial charge in [-0.15, -0.1) is 0 Å². The van der Waals surface area contributed by atoms with Crippen molar-refractivity contribution in [2.75, 3.05) is 11.1 Å². The van der Waals surface area contributed by atoms with Crippen LogP contribution in [0.4, 0.5) is 0 Å². The Morgan fingerprint density at radius 1 is 1.44 bits per heavy atom. The molecule has 1 aromatic carbocycles. The first-order valence-electron chi connectivity index (χ1n) is 6.37. The lowest BCUT2D eigenvalue weighted by Gasteiger charge is -2.21. The van der Waals surface area contributed by atoms with Gasteiger partial charge in [-0.1, -0.05) is 28.7 Å². The van der Waals surface area contributed by atoms with Gasteiger partial charge in [0.15, 0.2) is 0 Å². The van der Waals surface area contributed by atoms with Crippen LogP contribution in [0.5, 0.6) is 5.75 Å². The van der Waals surface area contributed by atoms with Gasteiger partial charge in [0.25, 0.3) is 0 Å². The molecule has 1 atom stereocenters. The number of halogens is 1. The van der Waals surface area contributed by atoms with E-state index in [4.69, 9.17) is 0 Å². The molecule has 3 nitrogen and oxygen atoms in total. The highest BCUT2D eigenvalue weighted by Crippen LogP contribution is 2.30. The lowest BCUT2D eigenvalue weighted by molar-refractivity contribution is 0.303. The van der Waals surface area contributed by atoms with E-state index in [1.807, 2.05) is 18.3 Å². The SMILES string of the molecule is Oc1cccc2[nH]cc(CC3CCCN3CI)c12. The Morgan fingerprint density at radius 3 is 3.17 bits per heavy atom. The number of fused-ring (bicyclic) bond motifs is 1. The van der Waals surface area contributed by atoms with Crippen LogP contribution in [-0.2, 0) is 6.42 Å². The van der Waals surface area contributed by atoms with E-state index >= 15 is 0 Å². The average molecular weight is 356 g/mol.